The van der Waals surface area contributed by atoms with Crippen molar-refractivity contribution in [1.29, 1.82) is 0 Å². The Morgan fingerprint density at radius 1 is 1.11 bits per heavy atom. The number of piperazine rings is 1. The number of hydrogen-bond donors (Lipinski definition) is 1. The van der Waals surface area contributed by atoms with Crippen LogP contribution in [0.4, 0.5) is 5.69 Å². The summed E-state index contributed by atoms with van der Waals surface area (Å²) >= 11 is 6.16. The van der Waals surface area contributed by atoms with E-state index in [1.54, 1.807) is 26.2 Å². The lowest BCUT2D eigenvalue weighted by atomic mass is 9.93. The summed E-state index contributed by atoms with van der Waals surface area (Å²) in [6.07, 6.45) is 0. The molecule has 1 N–H and O–H groups in total. The van der Waals surface area contributed by atoms with E-state index in [4.69, 9.17) is 16.3 Å². The molecule has 2 aromatic rings. The second-order valence-corrected chi connectivity index (χ2v) is 10.3. The number of Topliss-reactive ketones (excluding diaryl/α,β-unsaturated/α-hetero) is 1. The third-order valence-corrected chi connectivity index (χ3v) is 7.29. The van der Waals surface area contributed by atoms with E-state index in [0.717, 1.165) is 12.1 Å². The Balaban J connectivity index is 1.56. The minimum absolute atomic E-state index is 0.0308. The number of rotatable bonds is 6. The van der Waals surface area contributed by atoms with Gasteiger partial charge in [-0.2, -0.15) is 0 Å². The Labute approximate surface area is 217 Å². The average Bonchev–Trinajstić information content (AvgIpc) is 3.26. The van der Waals surface area contributed by atoms with Gasteiger partial charge in [0.25, 0.3) is 11.8 Å². The van der Waals surface area contributed by atoms with Crippen molar-refractivity contribution in [3.05, 3.63) is 58.1 Å². The van der Waals surface area contributed by atoms with Gasteiger partial charge in [0.1, 0.15) is 5.75 Å². The molecule has 2 amide bonds. The third kappa shape index (κ3) is 5.06. The molecule has 0 aromatic heterocycles. The molecule has 0 aliphatic carbocycles. The van der Waals surface area contributed by atoms with Gasteiger partial charge in [-0.05, 0) is 43.2 Å². The zero-order chi connectivity index (χ0) is 26.1. The van der Waals surface area contributed by atoms with Crippen LogP contribution in [0.1, 0.15) is 41.3 Å². The standard InChI is InChI=1S/C27H33ClN4O4/c1-16-14-32(17(2)13-31(16)15-18-7-6-8-19(28)9-18)26(34)21-10-20-22(25(33)27(35)30(3)4)12-29-23(20)11-24(21)36-5/h6-11,16-17,22,29H,12-15H2,1-5H3/t16-,17+,22?/m1/s1. The van der Waals surface area contributed by atoms with Crippen LogP contribution < -0.4 is 10.1 Å². The van der Waals surface area contributed by atoms with Gasteiger partial charge in [-0.1, -0.05) is 23.7 Å². The number of carbonyl (C=O) groups excluding carboxylic acids is 3. The van der Waals surface area contributed by atoms with Gasteiger partial charge in [-0.25, -0.2) is 0 Å². The van der Waals surface area contributed by atoms with Crippen LogP contribution >= 0.6 is 11.6 Å². The van der Waals surface area contributed by atoms with Crippen molar-refractivity contribution in [2.24, 2.45) is 0 Å². The van der Waals surface area contributed by atoms with Gasteiger partial charge < -0.3 is 19.9 Å². The predicted octanol–water partition coefficient (Wildman–Crippen LogP) is 3.25. The molecule has 2 heterocycles. The van der Waals surface area contributed by atoms with Crippen molar-refractivity contribution in [1.82, 2.24) is 14.7 Å². The van der Waals surface area contributed by atoms with Crippen LogP contribution in [0.2, 0.25) is 5.02 Å². The molecule has 1 fully saturated rings. The number of benzene rings is 2. The van der Waals surface area contributed by atoms with Gasteiger partial charge in [0.05, 0.1) is 18.6 Å². The van der Waals surface area contributed by atoms with Crippen molar-refractivity contribution < 1.29 is 19.1 Å². The van der Waals surface area contributed by atoms with Gasteiger partial charge in [0.15, 0.2) is 0 Å². The van der Waals surface area contributed by atoms with Crippen molar-refractivity contribution in [3.63, 3.8) is 0 Å². The number of ether oxygens (including phenoxy) is 1. The van der Waals surface area contributed by atoms with E-state index in [1.165, 1.54) is 12.0 Å². The maximum atomic E-state index is 13.8. The highest BCUT2D eigenvalue weighted by Gasteiger charge is 2.37. The molecule has 0 saturated carbocycles. The Bertz CT molecular complexity index is 1180. The molecule has 1 saturated heterocycles. The first kappa shape index (κ1) is 26.0. The molecular formula is C27H33ClN4O4. The molecule has 36 heavy (non-hydrogen) atoms. The monoisotopic (exact) mass is 512 g/mol. The largest absolute Gasteiger partial charge is 0.496 e. The number of anilines is 1. The summed E-state index contributed by atoms with van der Waals surface area (Å²) in [6, 6.07) is 11.4. The SMILES string of the molecule is COc1cc2c(cc1C(=O)N1C[C@@H](C)N(Cc3cccc(Cl)c3)C[C@@H]1C)C(C(=O)C(=O)N(C)C)CN2. The normalized spacial score (nSPS) is 21.5. The minimum atomic E-state index is -0.641. The molecule has 1 unspecified atom stereocenters. The number of carbonyl (C=O) groups is 3. The summed E-state index contributed by atoms with van der Waals surface area (Å²) < 4.78 is 5.57. The summed E-state index contributed by atoms with van der Waals surface area (Å²) in [5.41, 5.74) is 2.90. The molecular weight excluding hydrogens is 480 g/mol. The molecule has 4 rings (SSSR count). The summed E-state index contributed by atoms with van der Waals surface area (Å²) in [6.45, 7) is 6.49. The Kier molecular flexibility index (Phi) is 7.57. The molecule has 8 nitrogen and oxygen atoms in total. The van der Waals surface area contributed by atoms with Gasteiger partial charge in [0.2, 0.25) is 5.78 Å². The summed E-state index contributed by atoms with van der Waals surface area (Å²) in [4.78, 5) is 44.4. The second kappa shape index (κ2) is 10.5. The van der Waals surface area contributed by atoms with Crippen molar-refractivity contribution in [2.45, 2.75) is 38.4 Å². The van der Waals surface area contributed by atoms with Crippen LogP contribution in [0, 0.1) is 0 Å². The highest BCUT2D eigenvalue weighted by atomic mass is 35.5. The Hall–Kier alpha value is -3.10. The van der Waals surface area contributed by atoms with Gasteiger partial charge in [-0.3, -0.25) is 19.3 Å². The minimum Gasteiger partial charge on any atom is -0.496 e. The molecule has 0 spiro atoms. The van der Waals surface area contributed by atoms with Crippen molar-refractivity contribution >= 4 is 34.9 Å². The summed E-state index contributed by atoms with van der Waals surface area (Å²) in [5.74, 6) is -1.39. The number of methoxy groups -OCH3 is 1. The topological polar surface area (TPSA) is 82.2 Å². The number of fused-ring (bicyclic) bond motifs is 1. The third-order valence-electron chi connectivity index (χ3n) is 7.06. The maximum absolute atomic E-state index is 13.8. The molecule has 0 radical (unpaired) electrons. The fourth-order valence-electron chi connectivity index (χ4n) is 5.03. The van der Waals surface area contributed by atoms with Crippen LogP contribution in [-0.4, -0.2) is 85.2 Å². The molecule has 192 valence electrons. The molecule has 2 aromatic carbocycles. The lowest BCUT2D eigenvalue weighted by molar-refractivity contribution is -0.143. The smallest absolute Gasteiger partial charge is 0.290 e. The predicted molar refractivity (Wildman–Crippen MR) is 140 cm³/mol. The van der Waals surface area contributed by atoms with Crippen molar-refractivity contribution in [3.8, 4) is 5.75 Å². The zero-order valence-corrected chi connectivity index (χ0v) is 22.1. The van der Waals surface area contributed by atoms with Crippen LogP contribution in [0.3, 0.4) is 0 Å². The summed E-state index contributed by atoms with van der Waals surface area (Å²) in [7, 11) is 4.64. The first-order valence-electron chi connectivity index (χ1n) is 12.1. The van der Waals surface area contributed by atoms with E-state index in [9.17, 15) is 14.4 Å². The first-order valence-corrected chi connectivity index (χ1v) is 12.5. The van der Waals surface area contributed by atoms with Gasteiger partial charge >= 0.3 is 0 Å². The van der Waals surface area contributed by atoms with Crippen LogP contribution in [0.5, 0.6) is 5.75 Å². The van der Waals surface area contributed by atoms with Crippen molar-refractivity contribution in [2.75, 3.05) is 46.2 Å². The van der Waals surface area contributed by atoms with E-state index in [2.05, 4.69) is 23.2 Å². The molecule has 3 atom stereocenters. The molecule has 0 bridgehead atoms. The number of halogens is 1. The number of nitrogens with zero attached hydrogens (tertiary/aromatic N) is 3. The quantitative estimate of drug-likeness (QED) is 0.598. The number of hydrogen-bond acceptors (Lipinski definition) is 6. The number of nitrogens with one attached hydrogen (secondary N) is 1. The fourth-order valence-corrected chi connectivity index (χ4v) is 5.24. The molecule has 9 heteroatoms. The van der Waals surface area contributed by atoms with Crippen LogP contribution in [0.25, 0.3) is 0 Å². The van der Waals surface area contributed by atoms with Crippen LogP contribution in [0.15, 0.2) is 36.4 Å². The van der Waals surface area contributed by atoms with E-state index < -0.39 is 17.6 Å². The Morgan fingerprint density at radius 2 is 1.86 bits per heavy atom. The van der Waals surface area contributed by atoms with E-state index in [1.807, 2.05) is 30.0 Å². The van der Waals surface area contributed by atoms with E-state index >= 15 is 0 Å². The number of ketones is 1. The lowest BCUT2D eigenvalue weighted by Crippen LogP contribution is -2.57. The second-order valence-electron chi connectivity index (χ2n) is 9.85. The molecule has 2 aliphatic heterocycles. The summed E-state index contributed by atoms with van der Waals surface area (Å²) in [5, 5.41) is 3.89. The molecule has 2 aliphatic rings. The zero-order valence-electron chi connectivity index (χ0n) is 21.4. The number of amides is 2. The highest BCUT2D eigenvalue weighted by Crippen LogP contribution is 2.38. The first-order chi connectivity index (χ1) is 17.1. The lowest BCUT2D eigenvalue weighted by Gasteiger charge is -2.44. The Morgan fingerprint density at radius 3 is 2.53 bits per heavy atom. The average molecular weight is 513 g/mol. The number of likely N-dealkylation sites (N-methyl/N-ethyl adjacent to an activating group) is 1. The van der Waals surface area contributed by atoms with E-state index in [-0.39, 0.29) is 18.0 Å². The van der Waals surface area contributed by atoms with Gasteiger partial charge in [0, 0.05) is 69.1 Å². The van der Waals surface area contributed by atoms with E-state index in [0.29, 0.717) is 47.2 Å². The van der Waals surface area contributed by atoms with Crippen LogP contribution in [-0.2, 0) is 16.1 Å². The fraction of sp³-hybridized carbons (Fsp3) is 0.444. The maximum Gasteiger partial charge on any atom is 0.290 e. The van der Waals surface area contributed by atoms with Gasteiger partial charge in [-0.15, -0.1) is 0 Å². The highest BCUT2D eigenvalue weighted by molar-refractivity contribution is 6.38.